The topological polar surface area (TPSA) is 120 Å². The molecule has 0 aliphatic heterocycles. The maximum absolute atomic E-state index is 13.5. The minimum absolute atomic E-state index is 0.00314. The fraction of sp³-hybridized carbons (Fsp3) is 0.478. The average molecular weight is 495 g/mol. The second kappa shape index (κ2) is 9.23. The minimum atomic E-state index is -4.59. The molecular weight excluding hydrogens is 471 g/mol. The molecule has 0 spiro atoms. The first-order valence-electron chi connectivity index (χ1n) is 11.2. The summed E-state index contributed by atoms with van der Waals surface area (Å²) in [7, 11) is 1.25. The van der Waals surface area contributed by atoms with Crippen LogP contribution in [-0.4, -0.2) is 39.5 Å². The second-order valence-corrected chi connectivity index (χ2v) is 8.78. The SMILES string of the molecule is COC(=O)N[C@H]1CC[C@H](n2cc(C(=O)O)c(=O)n([C@@H]3CCc4c3cccc4C(F)(F)F)c2=O)CC1. The van der Waals surface area contributed by atoms with E-state index in [9.17, 15) is 37.5 Å². The quantitative estimate of drug-likeness (QED) is 0.673. The third-order valence-corrected chi connectivity index (χ3v) is 6.83. The molecule has 1 amide bonds. The number of aromatic carboxylic acids is 1. The maximum Gasteiger partial charge on any atom is 0.416 e. The van der Waals surface area contributed by atoms with Crippen LogP contribution in [-0.2, 0) is 17.3 Å². The number of ether oxygens (including phenoxy) is 1. The summed E-state index contributed by atoms with van der Waals surface area (Å²) in [6.45, 7) is 0. The minimum Gasteiger partial charge on any atom is -0.477 e. The number of benzene rings is 1. The van der Waals surface area contributed by atoms with Crippen LogP contribution in [0.5, 0.6) is 0 Å². The molecule has 2 aromatic rings. The number of carboxylic acid groups (broad SMARTS) is 1. The highest BCUT2D eigenvalue weighted by Crippen LogP contribution is 2.41. The molecule has 4 rings (SSSR count). The van der Waals surface area contributed by atoms with Gasteiger partial charge in [-0.2, -0.15) is 13.2 Å². The molecule has 12 heteroatoms. The zero-order valence-corrected chi connectivity index (χ0v) is 18.8. The first-order valence-corrected chi connectivity index (χ1v) is 11.2. The molecular formula is C23H24F3N3O6. The summed E-state index contributed by atoms with van der Waals surface area (Å²) in [6.07, 6.45) is -2.25. The van der Waals surface area contributed by atoms with E-state index in [-0.39, 0.29) is 30.0 Å². The van der Waals surface area contributed by atoms with Gasteiger partial charge in [-0.05, 0) is 55.7 Å². The second-order valence-electron chi connectivity index (χ2n) is 8.78. The summed E-state index contributed by atoms with van der Waals surface area (Å²) in [5.74, 6) is -1.53. The largest absolute Gasteiger partial charge is 0.477 e. The fourth-order valence-corrected chi connectivity index (χ4v) is 5.16. The molecule has 1 heterocycles. The molecule has 0 unspecified atom stereocenters. The Morgan fingerprint density at radius 2 is 1.80 bits per heavy atom. The number of fused-ring (bicyclic) bond motifs is 1. The molecule has 188 valence electrons. The van der Waals surface area contributed by atoms with Crippen molar-refractivity contribution < 1.29 is 32.6 Å². The molecule has 2 N–H and O–H groups in total. The van der Waals surface area contributed by atoms with Crippen molar-refractivity contribution in [2.45, 2.75) is 62.8 Å². The van der Waals surface area contributed by atoms with Crippen LogP contribution in [0.3, 0.4) is 0 Å². The van der Waals surface area contributed by atoms with E-state index in [1.807, 2.05) is 0 Å². The Morgan fingerprint density at radius 1 is 1.11 bits per heavy atom. The third-order valence-electron chi connectivity index (χ3n) is 6.83. The van der Waals surface area contributed by atoms with Gasteiger partial charge >= 0.3 is 23.9 Å². The van der Waals surface area contributed by atoms with E-state index < -0.39 is 52.7 Å². The van der Waals surface area contributed by atoms with Gasteiger partial charge in [-0.1, -0.05) is 12.1 Å². The van der Waals surface area contributed by atoms with E-state index in [1.54, 1.807) is 0 Å². The van der Waals surface area contributed by atoms with Gasteiger partial charge in [-0.3, -0.25) is 13.9 Å². The number of alkyl carbamates (subject to hydrolysis) is 1. The highest BCUT2D eigenvalue weighted by molar-refractivity contribution is 5.86. The molecule has 1 saturated carbocycles. The van der Waals surface area contributed by atoms with Crippen LogP contribution >= 0.6 is 0 Å². The van der Waals surface area contributed by atoms with Gasteiger partial charge in [0.05, 0.1) is 18.7 Å². The number of nitrogens with zero attached hydrogens (tertiary/aromatic N) is 2. The van der Waals surface area contributed by atoms with Gasteiger partial charge < -0.3 is 15.2 Å². The van der Waals surface area contributed by atoms with E-state index >= 15 is 0 Å². The Labute approximate surface area is 197 Å². The van der Waals surface area contributed by atoms with E-state index in [0.717, 1.165) is 16.8 Å². The molecule has 1 aromatic carbocycles. The summed E-state index contributed by atoms with van der Waals surface area (Å²) >= 11 is 0. The zero-order valence-electron chi connectivity index (χ0n) is 18.8. The van der Waals surface area contributed by atoms with Crippen LogP contribution in [0.1, 0.15) is 71.2 Å². The molecule has 1 fully saturated rings. The number of halogens is 3. The predicted octanol–water partition coefficient (Wildman–Crippen LogP) is 3.10. The van der Waals surface area contributed by atoms with E-state index in [2.05, 4.69) is 10.1 Å². The predicted molar refractivity (Wildman–Crippen MR) is 117 cm³/mol. The lowest BCUT2D eigenvalue weighted by atomic mass is 9.91. The van der Waals surface area contributed by atoms with Crippen LogP contribution in [0.15, 0.2) is 34.0 Å². The number of carboxylic acids is 1. The van der Waals surface area contributed by atoms with Crippen molar-refractivity contribution in [2.75, 3.05) is 7.11 Å². The molecule has 1 aromatic heterocycles. The van der Waals surface area contributed by atoms with Crippen molar-refractivity contribution in [3.8, 4) is 0 Å². The molecule has 2 aliphatic rings. The Kier molecular flexibility index (Phi) is 6.48. The number of rotatable bonds is 4. The van der Waals surface area contributed by atoms with E-state index in [0.29, 0.717) is 25.7 Å². The highest BCUT2D eigenvalue weighted by Gasteiger charge is 2.39. The standard InChI is InChI=1S/C23H24F3N3O6/c1-35-21(33)27-12-5-7-13(8-6-12)28-11-16(20(31)32)19(30)29(22(28)34)18-10-9-14-15(18)3-2-4-17(14)23(24,25)26/h2-4,11-13,18H,5-10H2,1H3,(H,27,33)(H,31,32)/t12-,13-,18-/m1/s1. The van der Waals surface area contributed by atoms with Gasteiger partial charge in [0.1, 0.15) is 5.56 Å². The monoisotopic (exact) mass is 495 g/mol. The molecule has 0 saturated heterocycles. The van der Waals surface area contributed by atoms with Crippen molar-refractivity contribution in [3.05, 3.63) is 67.5 Å². The van der Waals surface area contributed by atoms with Gasteiger partial charge in [0.15, 0.2) is 0 Å². The molecule has 9 nitrogen and oxygen atoms in total. The van der Waals surface area contributed by atoms with Crippen LogP contribution < -0.4 is 16.6 Å². The zero-order chi connectivity index (χ0) is 25.5. The Hall–Kier alpha value is -3.57. The van der Waals surface area contributed by atoms with Gasteiger partial charge in [0.2, 0.25) is 0 Å². The number of alkyl halides is 3. The molecule has 2 aliphatic carbocycles. The van der Waals surface area contributed by atoms with Crippen LogP contribution in [0, 0.1) is 0 Å². The molecule has 35 heavy (non-hydrogen) atoms. The number of aromatic nitrogens is 2. The number of nitrogens with one attached hydrogen (secondary N) is 1. The van der Waals surface area contributed by atoms with E-state index in [1.165, 1.54) is 23.8 Å². The molecule has 0 bridgehead atoms. The number of methoxy groups -OCH3 is 1. The lowest BCUT2D eigenvalue weighted by Gasteiger charge is -2.30. The van der Waals surface area contributed by atoms with E-state index in [4.69, 9.17) is 0 Å². The van der Waals surface area contributed by atoms with Crippen LogP contribution in [0.4, 0.5) is 18.0 Å². The smallest absolute Gasteiger partial charge is 0.416 e. The van der Waals surface area contributed by atoms with Gasteiger partial charge in [0.25, 0.3) is 5.56 Å². The Balaban J connectivity index is 1.75. The summed E-state index contributed by atoms with van der Waals surface area (Å²) in [6, 6.07) is 1.99. The normalized spacial score (nSPS) is 21.9. The van der Waals surface area contributed by atoms with Crippen molar-refractivity contribution in [1.29, 1.82) is 0 Å². The summed E-state index contributed by atoms with van der Waals surface area (Å²) in [5, 5.41) is 12.3. The van der Waals surface area contributed by atoms with Gasteiger partial charge in [0, 0.05) is 18.3 Å². The first kappa shape index (κ1) is 24.6. The van der Waals surface area contributed by atoms with Crippen molar-refractivity contribution in [1.82, 2.24) is 14.5 Å². The van der Waals surface area contributed by atoms with Crippen LogP contribution in [0.2, 0.25) is 0 Å². The molecule has 1 atom stereocenters. The van der Waals surface area contributed by atoms with Gasteiger partial charge in [-0.15, -0.1) is 0 Å². The Bertz CT molecular complexity index is 1270. The summed E-state index contributed by atoms with van der Waals surface area (Å²) in [5.41, 5.74) is -3.05. The van der Waals surface area contributed by atoms with Crippen molar-refractivity contribution in [2.24, 2.45) is 0 Å². The van der Waals surface area contributed by atoms with Crippen molar-refractivity contribution >= 4 is 12.1 Å². The Morgan fingerprint density at radius 3 is 2.40 bits per heavy atom. The molecule has 0 radical (unpaired) electrons. The maximum atomic E-state index is 13.5. The average Bonchev–Trinajstić information content (AvgIpc) is 3.23. The third kappa shape index (κ3) is 4.56. The number of hydrogen-bond acceptors (Lipinski definition) is 5. The lowest BCUT2D eigenvalue weighted by molar-refractivity contribution is -0.138. The fourth-order valence-electron chi connectivity index (χ4n) is 5.16. The van der Waals surface area contributed by atoms with Gasteiger partial charge in [-0.25, -0.2) is 14.4 Å². The summed E-state index contributed by atoms with van der Waals surface area (Å²) < 4.78 is 47.1. The number of amides is 1. The van der Waals surface area contributed by atoms with Crippen molar-refractivity contribution in [3.63, 3.8) is 0 Å². The summed E-state index contributed by atoms with van der Waals surface area (Å²) in [4.78, 5) is 49.8. The number of carbonyl (C=O) groups is 2. The number of hydrogen-bond donors (Lipinski definition) is 2. The van der Waals surface area contributed by atoms with Crippen LogP contribution in [0.25, 0.3) is 0 Å². The number of carbonyl (C=O) groups excluding carboxylic acids is 1. The first-order chi connectivity index (χ1) is 16.5. The highest BCUT2D eigenvalue weighted by atomic mass is 19.4. The lowest BCUT2D eigenvalue weighted by Crippen LogP contribution is -2.46.